The summed E-state index contributed by atoms with van der Waals surface area (Å²) in [6, 6.07) is 13.4. The van der Waals surface area contributed by atoms with E-state index in [2.05, 4.69) is 5.32 Å². The maximum atomic E-state index is 13.5. The molecule has 6 heteroatoms. The molecule has 2 aromatic rings. The Kier molecular flexibility index (Phi) is 8.75. The van der Waals surface area contributed by atoms with Crippen molar-refractivity contribution in [1.29, 1.82) is 0 Å². The molecule has 0 unspecified atom stereocenters. The second-order valence-corrected chi connectivity index (χ2v) is 8.67. The molecule has 3 rings (SSSR count). The lowest BCUT2D eigenvalue weighted by molar-refractivity contribution is -0.141. The van der Waals surface area contributed by atoms with Crippen LogP contribution in [0.15, 0.2) is 42.5 Å². The van der Waals surface area contributed by atoms with Crippen LogP contribution in [-0.2, 0) is 22.6 Å². The molecule has 0 saturated heterocycles. The van der Waals surface area contributed by atoms with Crippen LogP contribution in [0.4, 0.5) is 0 Å². The highest BCUT2D eigenvalue weighted by molar-refractivity contribution is 5.88. The fourth-order valence-electron chi connectivity index (χ4n) is 3.97. The lowest BCUT2D eigenvalue weighted by Gasteiger charge is -2.32. The standard InChI is InChI=1S/C27H36N2O4/c1-5-20(4)28-27(31)23(6-2)29(18-22-10-8-7-9-19(22)3)26(30)14-12-21-11-13-24-25(17-21)33-16-15-32-24/h7-11,13,17,20,23H,5-6,12,14-16,18H2,1-4H3,(H,28,31)/t20-,23-/m0/s1. The van der Waals surface area contributed by atoms with Gasteiger partial charge in [-0.3, -0.25) is 9.59 Å². The first-order chi connectivity index (χ1) is 15.9. The van der Waals surface area contributed by atoms with Crippen LogP contribution in [0, 0.1) is 6.92 Å². The molecular formula is C27H36N2O4. The maximum absolute atomic E-state index is 13.5. The molecule has 1 aliphatic rings. The lowest BCUT2D eigenvalue weighted by atomic mass is 10.0. The van der Waals surface area contributed by atoms with Crippen molar-refractivity contribution in [3.05, 3.63) is 59.2 Å². The van der Waals surface area contributed by atoms with Crippen molar-refractivity contribution >= 4 is 11.8 Å². The summed E-state index contributed by atoms with van der Waals surface area (Å²) in [5, 5.41) is 3.06. The fourth-order valence-corrected chi connectivity index (χ4v) is 3.97. The summed E-state index contributed by atoms with van der Waals surface area (Å²) in [6.07, 6.45) is 2.30. The average Bonchev–Trinajstić information content (AvgIpc) is 2.83. The van der Waals surface area contributed by atoms with Gasteiger partial charge in [-0.2, -0.15) is 0 Å². The van der Waals surface area contributed by atoms with Crippen molar-refractivity contribution in [3.8, 4) is 11.5 Å². The van der Waals surface area contributed by atoms with Gasteiger partial charge in [0.05, 0.1) is 0 Å². The van der Waals surface area contributed by atoms with Gasteiger partial charge in [0.1, 0.15) is 19.3 Å². The second kappa shape index (κ2) is 11.7. The summed E-state index contributed by atoms with van der Waals surface area (Å²) in [7, 11) is 0. The van der Waals surface area contributed by atoms with Crippen LogP contribution in [0.25, 0.3) is 0 Å². The van der Waals surface area contributed by atoms with Gasteiger partial charge in [0, 0.05) is 19.0 Å². The minimum absolute atomic E-state index is 0.0284. The number of carbonyl (C=O) groups is 2. The fraction of sp³-hybridized carbons (Fsp3) is 0.481. The van der Waals surface area contributed by atoms with Crippen molar-refractivity contribution in [2.45, 2.75) is 72.0 Å². The number of rotatable bonds is 10. The van der Waals surface area contributed by atoms with E-state index < -0.39 is 6.04 Å². The van der Waals surface area contributed by atoms with Gasteiger partial charge in [-0.05, 0) is 61.9 Å². The predicted octanol–water partition coefficient (Wildman–Crippen LogP) is 4.42. The Labute approximate surface area is 197 Å². The molecule has 2 amide bonds. The quantitative estimate of drug-likeness (QED) is 0.579. The maximum Gasteiger partial charge on any atom is 0.243 e. The summed E-state index contributed by atoms with van der Waals surface area (Å²) in [5.74, 6) is 1.35. The highest BCUT2D eigenvalue weighted by Crippen LogP contribution is 2.31. The van der Waals surface area contributed by atoms with Crippen LogP contribution >= 0.6 is 0 Å². The summed E-state index contributed by atoms with van der Waals surface area (Å²) >= 11 is 0. The Morgan fingerprint density at radius 1 is 1.03 bits per heavy atom. The molecule has 0 aromatic heterocycles. The molecule has 1 heterocycles. The van der Waals surface area contributed by atoms with E-state index in [0.29, 0.717) is 39.0 Å². The van der Waals surface area contributed by atoms with Crippen molar-refractivity contribution < 1.29 is 19.1 Å². The van der Waals surface area contributed by atoms with Crippen molar-refractivity contribution in [3.63, 3.8) is 0 Å². The molecule has 2 atom stereocenters. The molecule has 0 saturated carbocycles. The molecule has 1 N–H and O–H groups in total. The molecule has 0 bridgehead atoms. The number of carbonyl (C=O) groups excluding carboxylic acids is 2. The topological polar surface area (TPSA) is 67.9 Å². The first-order valence-corrected chi connectivity index (χ1v) is 12.0. The molecule has 0 radical (unpaired) electrons. The third kappa shape index (κ3) is 6.50. The molecule has 178 valence electrons. The van der Waals surface area contributed by atoms with Crippen molar-refractivity contribution in [2.24, 2.45) is 0 Å². The van der Waals surface area contributed by atoms with Gasteiger partial charge in [0.25, 0.3) is 0 Å². The first-order valence-electron chi connectivity index (χ1n) is 12.0. The van der Waals surface area contributed by atoms with Gasteiger partial charge < -0.3 is 19.7 Å². The molecular weight excluding hydrogens is 416 g/mol. The number of benzene rings is 2. The van der Waals surface area contributed by atoms with Crippen LogP contribution in [0.1, 0.15) is 56.7 Å². The zero-order valence-corrected chi connectivity index (χ0v) is 20.2. The van der Waals surface area contributed by atoms with E-state index in [0.717, 1.165) is 34.6 Å². The smallest absolute Gasteiger partial charge is 0.243 e. The monoisotopic (exact) mass is 452 g/mol. The van der Waals surface area contributed by atoms with Crippen LogP contribution in [-0.4, -0.2) is 42.0 Å². The average molecular weight is 453 g/mol. The van der Waals surface area contributed by atoms with Crippen molar-refractivity contribution in [1.82, 2.24) is 10.2 Å². The normalized spacial score (nSPS) is 14.3. The number of hydrogen-bond acceptors (Lipinski definition) is 4. The summed E-state index contributed by atoms with van der Waals surface area (Å²) in [6.45, 7) is 9.51. The largest absolute Gasteiger partial charge is 0.486 e. The van der Waals surface area contributed by atoms with Gasteiger partial charge in [-0.15, -0.1) is 0 Å². The minimum atomic E-state index is -0.508. The summed E-state index contributed by atoms with van der Waals surface area (Å²) in [4.78, 5) is 28.3. The number of aryl methyl sites for hydroxylation is 2. The number of amides is 2. The zero-order chi connectivity index (χ0) is 23.8. The molecule has 0 fully saturated rings. The molecule has 2 aromatic carbocycles. The van der Waals surface area contributed by atoms with E-state index in [-0.39, 0.29) is 17.9 Å². The Morgan fingerprint density at radius 3 is 2.45 bits per heavy atom. The Hall–Kier alpha value is -3.02. The molecule has 33 heavy (non-hydrogen) atoms. The number of nitrogens with one attached hydrogen (secondary N) is 1. The molecule has 0 aliphatic carbocycles. The van der Waals surface area contributed by atoms with E-state index in [1.54, 1.807) is 4.90 Å². The lowest BCUT2D eigenvalue weighted by Crippen LogP contribution is -2.50. The SMILES string of the molecule is CC[C@H](C)NC(=O)[C@H](CC)N(Cc1ccccc1C)C(=O)CCc1ccc2c(c1)OCCO2. The van der Waals surface area contributed by atoms with E-state index in [9.17, 15) is 9.59 Å². The zero-order valence-electron chi connectivity index (χ0n) is 20.2. The summed E-state index contributed by atoms with van der Waals surface area (Å²) < 4.78 is 11.3. The van der Waals surface area contributed by atoms with Crippen molar-refractivity contribution in [2.75, 3.05) is 13.2 Å². The minimum Gasteiger partial charge on any atom is -0.486 e. The van der Waals surface area contributed by atoms with E-state index >= 15 is 0 Å². The van der Waals surface area contributed by atoms with Gasteiger partial charge in [0.2, 0.25) is 11.8 Å². The van der Waals surface area contributed by atoms with Gasteiger partial charge in [0.15, 0.2) is 11.5 Å². The van der Waals surface area contributed by atoms with Gasteiger partial charge in [-0.25, -0.2) is 0 Å². The second-order valence-electron chi connectivity index (χ2n) is 8.67. The summed E-state index contributed by atoms with van der Waals surface area (Å²) in [5.41, 5.74) is 3.18. The predicted molar refractivity (Wildman–Crippen MR) is 129 cm³/mol. The van der Waals surface area contributed by atoms with E-state index in [4.69, 9.17) is 9.47 Å². The number of nitrogens with zero attached hydrogens (tertiary/aromatic N) is 1. The first kappa shape index (κ1) is 24.6. The number of fused-ring (bicyclic) bond motifs is 1. The molecule has 6 nitrogen and oxygen atoms in total. The Balaban J connectivity index is 1.77. The third-order valence-corrected chi connectivity index (χ3v) is 6.22. The van der Waals surface area contributed by atoms with Crippen LogP contribution in [0.3, 0.4) is 0 Å². The van der Waals surface area contributed by atoms with E-state index in [1.807, 2.05) is 70.2 Å². The highest BCUT2D eigenvalue weighted by atomic mass is 16.6. The highest BCUT2D eigenvalue weighted by Gasteiger charge is 2.29. The van der Waals surface area contributed by atoms with Gasteiger partial charge >= 0.3 is 0 Å². The van der Waals surface area contributed by atoms with Crippen LogP contribution in [0.5, 0.6) is 11.5 Å². The van der Waals surface area contributed by atoms with Crippen LogP contribution < -0.4 is 14.8 Å². The third-order valence-electron chi connectivity index (χ3n) is 6.22. The number of ether oxygens (including phenoxy) is 2. The molecule has 0 spiro atoms. The molecule has 1 aliphatic heterocycles. The Bertz CT molecular complexity index is 959. The van der Waals surface area contributed by atoms with Crippen LogP contribution in [0.2, 0.25) is 0 Å². The Morgan fingerprint density at radius 2 is 1.76 bits per heavy atom. The number of hydrogen-bond donors (Lipinski definition) is 1. The van der Waals surface area contributed by atoms with E-state index in [1.165, 1.54) is 0 Å². The van der Waals surface area contributed by atoms with Gasteiger partial charge in [-0.1, -0.05) is 44.2 Å².